The lowest BCUT2D eigenvalue weighted by molar-refractivity contribution is -0.142. The fraction of sp³-hybridized carbons (Fsp3) is 0.857. The van der Waals surface area contributed by atoms with Gasteiger partial charge in [-0.25, -0.2) is 4.79 Å². The summed E-state index contributed by atoms with van der Waals surface area (Å²) in [5.74, 6) is 0.00830. The summed E-state index contributed by atoms with van der Waals surface area (Å²) < 4.78 is 5.27. The first-order chi connectivity index (χ1) is 9.15. The van der Waals surface area contributed by atoms with Crippen LogP contribution in [0.2, 0.25) is 0 Å². The fourth-order valence-electron chi connectivity index (χ4n) is 2.55. The van der Waals surface area contributed by atoms with Crippen LogP contribution in [-0.2, 0) is 14.3 Å². The SMILES string of the molecule is O=C(CCC1CCOCC1)NC(CC1CC1)C(=O)O. The maximum Gasteiger partial charge on any atom is 0.326 e. The molecule has 1 aliphatic carbocycles. The van der Waals surface area contributed by atoms with Crippen LogP contribution in [0.25, 0.3) is 0 Å². The third kappa shape index (κ3) is 5.19. The lowest BCUT2D eigenvalue weighted by atomic mass is 9.95. The van der Waals surface area contributed by atoms with E-state index in [0.29, 0.717) is 24.7 Å². The highest BCUT2D eigenvalue weighted by atomic mass is 16.5. The molecule has 2 fully saturated rings. The molecule has 19 heavy (non-hydrogen) atoms. The summed E-state index contributed by atoms with van der Waals surface area (Å²) in [6.07, 6.45) is 6.07. The Labute approximate surface area is 113 Å². The Kier molecular flexibility index (Phi) is 5.19. The van der Waals surface area contributed by atoms with E-state index in [1.165, 1.54) is 0 Å². The van der Waals surface area contributed by atoms with Gasteiger partial charge in [-0.1, -0.05) is 12.8 Å². The number of carboxylic acids is 1. The van der Waals surface area contributed by atoms with Crippen molar-refractivity contribution in [2.24, 2.45) is 11.8 Å². The molecule has 0 aromatic rings. The van der Waals surface area contributed by atoms with Gasteiger partial charge in [0, 0.05) is 19.6 Å². The monoisotopic (exact) mass is 269 g/mol. The summed E-state index contributed by atoms with van der Waals surface area (Å²) in [7, 11) is 0. The number of carbonyl (C=O) groups is 2. The van der Waals surface area contributed by atoms with Crippen LogP contribution in [0.15, 0.2) is 0 Å². The van der Waals surface area contributed by atoms with E-state index >= 15 is 0 Å². The van der Waals surface area contributed by atoms with Crippen molar-refractivity contribution in [2.75, 3.05) is 13.2 Å². The summed E-state index contributed by atoms with van der Waals surface area (Å²) in [4.78, 5) is 22.9. The molecular weight excluding hydrogens is 246 g/mol. The van der Waals surface area contributed by atoms with Gasteiger partial charge in [-0.2, -0.15) is 0 Å². The zero-order valence-corrected chi connectivity index (χ0v) is 11.3. The summed E-state index contributed by atoms with van der Waals surface area (Å²) in [6, 6.07) is -0.699. The third-order valence-corrected chi connectivity index (χ3v) is 4.02. The Hall–Kier alpha value is -1.10. The van der Waals surface area contributed by atoms with Gasteiger partial charge in [0.1, 0.15) is 6.04 Å². The van der Waals surface area contributed by atoms with Gasteiger partial charge in [0.05, 0.1) is 0 Å². The molecule has 1 aliphatic heterocycles. The molecule has 1 saturated carbocycles. The van der Waals surface area contributed by atoms with E-state index in [0.717, 1.165) is 45.3 Å². The molecule has 0 radical (unpaired) electrons. The summed E-state index contributed by atoms with van der Waals surface area (Å²) in [6.45, 7) is 1.57. The van der Waals surface area contributed by atoms with Crippen LogP contribution >= 0.6 is 0 Å². The molecule has 1 atom stereocenters. The predicted octanol–water partition coefficient (Wildman–Crippen LogP) is 1.56. The van der Waals surface area contributed by atoms with E-state index in [4.69, 9.17) is 9.84 Å². The molecule has 0 bridgehead atoms. The molecule has 5 nitrogen and oxygen atoms in total. The first-order valence-electron chi connectivity index (χ1n) is 7.25. The number of rotatable bonds is 7. The van der Waals surface area contributed by atoms with E-state index in [1.54, 1.807) is 0 Å². The number of ether oxygens (including phenoxy) is 1. The average molecular weight is 269 g/mol. The highest BCUT2D eigenvalue weighted by Crippen LogP contribution is 2.33. The fourth-order valence-corrected chi connectivity index (χ4v) is 2.55. The van der Waals surface area contributed by atoms with E-state index in [-0.39, 0.29) is 5.91 Å². The quantitative estimate of drug-likeness (QED) is 0.735. The van der Waals surface area contributed by atoms with E-state index < -0.39 is 12.0 Å². The molecule has 5 heteroatoms. The first-order valence-corrected chi connectivity index (χ1v) is 7.25. The van der Waals surface area contributed by atoms with Crippen LogP contribution in [-0.4, -0.2) is 36.2 Å². The number of hydrogen-bond acceptors (Lipinski definition) is 3. The van der Waals surface area contributed by atoms with E-state index in [1.807, 2.05) is 0 Å². The van der Waals surface area contributed by atoms with Crippen LogP contribution in [0.1, 0.15) is 44.9 Å². The minimum absolute atomic E-state index is 0.125. The second-order valence-electron chi connectivity index (χ2n) is 5.73. The minimum atomic E-state index is -0.911. The second kappa shape index (κ2) is 6.89. The molecular formula is C14H23NO4. The van der Waals surface area contributed by atoms with Crippen molar-refractivity contribution in [3.63, 3.8) is 0 Å². The topological polar surface area (TPSA) is 75.6 Å². The van der Waals surface area contributed by atoms with Gasteiger partial charge in [-0.15, -0.1) is 0 Å². The minimum Gasteiger partial charge on any atom is -0.480 e. The van der Waals surface area contributed by atoms with Crippen LogP contribution in [0.3, 0.4) is 0 Å². The second-order valence-corrected chi connectivity index (χ2v) is 5.73. The van der Waals surface area contributed by atoms with Gasteiger partial charge < -0.3 is 15.2 Å². The Bertz CT molecular complexity index is 321. The lowest BCUT2D eigenvalue weighted by Gasteiger charge is -2.22. The Morgan fingerprint density at radius 1 is 1.16 bits per heavy atom. The lowest BCUT2D eigenvalue weighted by Crippen LogP contribution is -2.41. The van der Waals surface area contributed by atoms with Gasteiger partial charge in [0.15, 0.2) is 0 Å². The molecule has 2 aliphatic rings. The number of carboxylic acid groups (broad SMARTS) is 1. The Morgan fingerprint density at radius 3 is 2.42 bits per heavy atom. The largest absolute Gasteiger partial charge is 0.480 e. The molecule has 0 aromatic heterocycles. The molecule has 1 unspecified atom stereocenters. The number of amides is 1. The Morgan fingerprint density at radius 2 is 1.84 bits per heavy atom. The average Bonchev–Trinajstić information content (AvgIpc) is 3.21. The highest BCUT2D eigenvalue weighted by Gasteiger charge is 2.30. The summed E-state index contributed by atoms with van der Waals surface area (Å²) in [5, 5.41) is 11.7. The van der Waals surface area contributed by atoms with Crippen molar-refractivity contribution in [1.29, 1.82) is 0 Å². The zero-order chi connectivity index (χ0) is 13.7. The normalized spacial score (nSPS) is 21.9. The van der Waals surface area contributed by atoms with E-state index in [2.05, 4.69) is 5.32 Å². The van der Waals surface area contributed by atoms with Gasteiger partial charge >= 0.3 is 5.97 Å². The van der Waals surface area contributed by atoms with Gasteiger partial charge in [0.25, 0.3) is 0 Å². The van der Waals surface area contributed by atoms with Gasteiger partial charge in [-0.05, 0) is 37.5 Å². The zero-order valence-electron chi connectivity index (χ0n) is 11.3. The summed E-state index contributed by atoms with van der Waals surface area (Å²) >= 11 is 0. The molecule has 0 aromatic carbocycles. The van der Waals surface area contributed by atoms with Crippen LogP contribution in [0.5, 0.6) is 0 Å². The molecule has 1 heterocycles. The van der Waals surface area contributed by atoms with Crippen molar-refractivity contribution in [3.05, 3.63) is 0 Å². The smallest absolute Gasteiger partial charge is 0.326 e. The molecule has 2 rings (SSSR count). The maximum atomic E-state index is 11.8. The number of carbonyl (C=O) groups excluding carboxylic acids is 1. The number of hydrogen-bond donors (Lipinski definition) is 2. The van der Waals surface area contributed by atoms with Crippen LogP contribution in [0.4, 0.5) is 0 Å². The Balaban J connectivity index is 1.67. The predicted molar refractivity (Wildman–Crippen MR) is 69.7 cm³/mol. The van der Waals surface area contributed by atoms with Gasteiger partial charge in [0.2, 0.25) is 5.91 Å². The molecule has 0 spiro atoms. The molecule has 1 saturated heterocycles. The molecule has 1 amide bonds. The molecule has 108 valence electrons. The van der Waals surface area contributed by atoms with Crippen molar-refractivity contribution in [3.8, 4) is 0 Å². The first kappa shape index (κ1) is 14.3. The number of aliphatic carboxylic acids is 1. The van der Waals surface area contributed by atoms with Crippen LogP contribution in [0, 0.1) is 11.8 Å². The van der Waals surface area contributed by atoms with Crippen molar-refractivity contribution >= 4 is 11.9 Å². The third-order valence-electron chi connectivity index (χ3n) is 4.02. The standard InChI is InChI=1S/C14H23NO4/c16-13(4-3-10-5-7-19-8-6-10)15-12(14(17)18)9-11-1-2-11/h10-12H,1-9H2,(H,15,16)(H,17,18). The van der Waals surface area contributed by atoms with Crippen molar-refractivity contribution < 1.29 is 19.4 Å². The summed E-state index contributed by atoms with van der Waals surface area (Å²) in [5.41, 5.74) is 0. The van der Waals surface area contributed by atoms with Crippen LogP contribution < -0.4 is 5.32 Å². The van der Waals surface area contributed by atoms with Crippen molar-refractivity contribution in [1.82, 2.24) is 5.32 Å². The van der Waals surface area contributed by atoms with Crippen molar-refractivity contribution in [2.45, 2.75) is 51.0 Å². The molecule has 2 N–H and O–H groups in total. The highest BCUT2D eigenvalue weighted by molar-refractivity contribution is 5.83. The van der Waals surface area contributed by atoms with E-state index in [9.17, 15) is 9.59 Å². The number of nitrogens with one attached hydrogen (secondary N) is 1. The maximum absolute atomic E-state index is 11.8. The van der Waals surface area contributed by atoms with Gasteiger partial charge in [-0.3, -0.25) is 4.79 Å².